The third-order valence-corrected chi connectivity index (χ3v) is 12.0. The fourth-order valence-corrected chi connectivity index (χ4v) is 8.66. The third-order valence-electron chi connectivity index (χ3n) is 11.8. The van der Waals surface area contributed by atoms with Gasteiger partial charge in [0.05, 0.1) is 4.99 Å². The molecule has 0 radical (unpaired) electrons. The van der Waals surface area contributed by atoms with Gasteiger partial charge in [0.25, 0.3) is 0 Å². The Bertz CT molecular complexity index is 2340. The molecule has 0 amide bonds. The summed E-state index contributed by atoms with van der Waals surface area (Å²) >= 11 is 5.00. The van der Waals surface area contributed by atoms with Crippen LogP contribution in [0.4, 0.5) is 0 Å². The minimum Gasteiger partial charge on any atom is -0.393 e. The van der Waals surface area contributed by atoms with Crippen LogP contribution in [0.15, 0.2) is 91.4 Å². The lowest BCUT2D eigenvalue weighted by Crippen LogP contribution is -2.23. The van der Waals surface area contributed by atoms with Gasteiger partial charge in [-0.2, -0.15) is 0 Å². The highest BCUT2D eigenvalue weighted by Crippen LogP contribution is 2.32. The van der Waals surface area contributed by atoms with Crippen molar-refractivity contribution in [1.29, 1.82) is 10.8 Å². The molecule has 7 N–H and O–H groups in total. The predicted molar refractivity (Wildman–Crippen MR) is 267 cm³/mol. The third kappa shape index (κ3) is 11.6. The van der Waals surface area contributed by atoms with Crippen molar-refractivity contribution in [3.63, 3.8) is 0 Å². The quantitative estimate of drug-likeness (QED) is 0.0637. The zero-order chi connectivity index (χ0) is 42.3. The van der Waals surface area contributed by atoms with Gasteiger partial charge in [0.2, 0.25) is 0 Å². The maximum atomic E-state index is 7.65. The molecule has 3 aliphatic rings. The molecular formula is C50H62ClN9S. The van der Waals surface area contributed by atoms with Crippen LogP contribution >= 0.6 is 24.6 Å². The molecule has 6 aromatic rings. The molecule has 9 rings (SSSR count). The zero-order valence-corrected chi connectivity index (χ0v) is 38.0. The summed E-state index contributed by atoms with van der Waals surface area (Å²) in [5.74, 6) is 0. The van der Waals surface area contributed by atoms with Crippen molar-refractivity contribution < 1.29 is 0 Å². The van der Waals surface area contributed by atoms with E-state index in [1.54, 1.807) is 0 Å². The molecule has 9 nitrogen and oxygen atoms in total. The Hall–Kier alpha value is -5.10. The Morgan fingerprint density at radius 2 is 0.869 bits per heavy atom. The minimum absolute atomic E-state index is 0. The number of thiocarbonyl (C=S) groups is 1. The predicted octanol–water partition coefficient (Wildman–Crippen LogP) is 10.1. The van der Waals surface area contributed by atoms with Gasteiger partial charge in [0, 0.05) is 138 Å². The molecule has 0 bridgehead atoms. The van der Waals surface area contributed by atoms with Crippen LogP contribution in [0.3, 0.4) is 0 Å². The van der Waals surface area contributed by atoms with Crippen molar-refractivity contribution in [3.8, 4) is 0 Å². The number of rotatable bonds is 9. The molecule has 0 aliphatic carbocycles. The maximum Gasteiger partial charge on any atom is 0.0771 e. The highest BCUT2D eigenvalue weighted by atomic mass is 35.5. The lowest BCUT2D eigenvalue weighted by molar-refractivity contribution is 0.370. The lowest BCUT2D eigenvalue weighted by atomic mass is 9.97. The van der Waals surface area contributed by atoms with E-state index in [9.17, 15) is 0 Å². The first-order valence-corrected chi connectivity index (χ1v) is 21.6. The van der Waals surface area contributed by atoms with Crippen molar-refractivity contribution >= 4 is 90.5 Å². The molecule has 0 spiro atoms. The van der Waals surface area contributed by atoms with Crippen LogP contribution in [0.5, 0.6) is 0 Å². The molecule has 0 saturated carbocycles. The summed E-state index contributed by atoms with van der Waals surface area (Å²) in [6.45, 7) is 10.2. The van der Waals surface area contributed by atoms with Gasteiger partial charge in [-0.25, -0.2) is 0 Å². The number of hydrogen-bond acceptors (Lipinski definition) is 6. The second kappa shape index (κ2) is 20.6. The van der Waals surface area contributed by atoms with E-state index < -0.39 is 0 Å². The molecule has 11 heteroatoms. The Kier molecular flexibility index (Phi) is 15.4. The van der Waals surface area contributed by atoms with Crippen LogP contribution in [0.25, 0.3) is 49.4 Å². The Morgan fingerprint density at radius 3 is 1.13 bits per heavy atom. The highest BCUT2D eigenvalue weighted by molar-refractivity contribution is 7.80. The summed E-state index contributed by atoms with van der Waals surface area (Å²) in [5.41, 5.74) is 22.5. The van der Waals surface area contributed by atoms with Gasteiger partial charge < -0.3 is 46.2 Å². The van der Waals surface area contributed by atoms with Gasteiger partial charge in [-0.3, -0.25) is 0 Å². The average molecular weight is 857 g/mol. The van der Waals surface area contributed by atoms with Crippen molar-refractivity contribution in [1.82, 2.24) is 29.7 Å². The van der Waals surface area contributed by atoms with E-state index in [2.05, 4.69) is 142 Å². The van der Waals surface area contributed by atoms with E-state index in [1.807, 2.05) is 13.8 Å². The summed E-state index contributed by atoms with van der Waals surface area (Å²) in [5, 5.41) is 19.2. The zero-order valence-electron chi connectivity index (χ0n) is 36.4. The maximum absolute atomic E-state index is 7.65. The van der Waals surface area contributed by atoms with E-state index >= 15 is 0 Å². The standard InChI is InChI=1S/2C17H21N3.C16H19N3S.ClH/c2*1-12(18)9-13-3-4-17-15(10-13)16(11-19-17)14-5-7-20(2)8-6-14;1-19-6-4-12(5-7-19)14-10-18-15-3-2-11(8-13(14)15)9-16(17)20;/h2*3-5,10-11,18-19H,6-9H2,1-2H3;2-4,8,10,18H,5-7,9H2,1H3,(H2,17,20);1H. The number of nitrogens with zero attached hydrogens (tertiary/aromatic N) is 3. The topological polar surface area (TPSA) is 131 Å². The molecule has 3 aromatic heterocycles. The Morgan fingerprint density at radius 1 is 0.557 bits per heavy atom. The fraction of sp³-hybridized carbons (Fsp3) is 0.340. The number of H-pyrrole nitrogens is 3. The number of fused-ring (bicyclic) bond motifs is 3. The molecule has 0 saturated heterocycles. The average Bonchev–Trinajstić information content (AvgIpc) is 3.96. The van der Waals surface area contributed by atoms with Crippen LogP contribution in [-0.2, 0) is 19.3 Å². The van der Waals surface area contributed by atoms with Crippen LogP contribution < -0.4 is 5.73 Å². The van der Waals surface area contributed by atoms with Crippen LogP contribution in [0.2, 0.25) is 0 Å². The van der Waals surface area contributed by atoms with Crippen molar-refractivity contribution in [2.45, 2.75) is 52.4 Å². The van der Waals surface area contributed by atoms with Gasteiger partial charge in [-0.05, 0) is 124 Å². The van der Waals surface area contributed by atoms with Crippen LogP contribution in [0.1, 0.15) is 66.5 Å². The molecule has 3 aromatic carbocycles. The van der Waals surface area contributed by atoms with Gasteiger partial charge in [0.1, 0.15) is 0 Å². The summed E-state index contributed by atoms with van der Waals surface area (Å²) < 4.78 is 0. The molecular weight excluding hydrogens is 794 g/mol. The smallest absolute Gasteiger partial charge is 0.0771 e. The second-order valence-electron chi connectivity index (χ2n) is 17.0. The van der Waals surface area contributed by atoms with E-state index in [0.29, 0.717) is 22.8 Å². The molecule has 0 fully saturated rings. The SMILES string of the molecule is CC(=N)Cc1ccc2[nH]cc(C3=CCN(C)CC3)c2c1.CC(=N)Cc1ccc2[nH]cc(C3=CCN(C)CC3)c2c1.CN1CC=C(c2c[nH]c3ccc(CC(N)=S)cc23)CC1.Cl. The lowest BCUT2D eigenvalue weighted by Gasteiger charge is -2.21. The van der Waals surface area contributed by atoms with Gasteiger partial charge in [-0.1, -0.05) is 48.6 Å². The van der Waals surface area contributed by atoms with Gasteiger partial charge in [-0.15, -0.1) is 12.4 Å². The number of hydrogen-bond donors (Lipinski definition) is 6. The number of aromatic amines is 3. The molecule has 0 atom stereocenters. The Labute approximate surface area is 372 Å². The molecule has 3 aliphatic heterocycles. The van der Waals surface area contributed by atoms with Crippen molar-refractivity contribution in [3.05, 3.63) is 125 Å². The summed E-state index contributed by atoms with van der Waals surface area (Å²) in [6, 6.07) is 19.4. The van der Waals surface area contributed by atoms with E-state index in [4.69, 9.17) is 28.8 Å². The second-order valence-corrected chi connectivity index (χ2v) is 17.6. The van der Waals surface area contributed by atoms with Crippen LogP contribution in [0, 0.1) is 10.8 Å². The van der Waals surface area contributed by atoms with Crippen molar-refractivity contribution in [2.24, 2.45) is 5.73 Å². The largest absolute Gasteiger partial charge is 0.393 e. The first-order valence-electron chi connectivity index (χ1n) is 21.2. The summed E-state index contributed by atoms with van der Waals surface area (Å²) in [6.07, 6.45) is 18.8. The number of nitrogens with two attached hydrogens (primary N) is 1. The van der Waals surface area contributed by atoms with Gasteiger partial charge >= 0.3 is 0 Å². The monoisotopic (exact) mass is 855 g/mol. The van der Waals surface area contributed by atoms with E-state index in [0.717, 1.165) is 71.4 Å². The van der Waals surface area contributed by atoms with E-state index in [1.165, 1.54) is 82.8 Å². The number of benzene rings is 3. The fourth-order valence-electron chi connectivity index (χ4n) is 8.49. The van der Waals surface area contributed by atoms with Gasteiger partial charge in [0.15, 0.2) is 0 Å². The highest BCUT2D eigenvalue weighted by Gasteiger charge is 2.16. The molecule has 0 unspecified atom stereocenters. The normalized spacial score (nSPS) is 16.1. The number of halogens is 1. The summed E-state index contributed by atoms with van der Waals surface area (Å²) in [4.78, 5) is 17.6. The molecule has 61 heavy (non-hydrogen) atoms. The van der Waals surface area contributed by atoms with Crippen molar-refractivity contribution in [2.75, 3.05) is 60.4 Å². The number of nitrogens with one attached hydrogen (secondary N) is 5. The molecule has 320 valence electrons. The number of aromatic nitrogens is 3. The Balaban J connectivity index is 0.000000152. The first-order chi connectivity index (χ1) is 28.9. The number of likely N-dealkylation sites (N-methyl/N-ethyl adjacent to an activating group) is 3. The van der Waals surface area contributed by atoms with E-state index in [-0.39, 0.29) is 12.4 Å². The summed E-state index contributed by atoms with van der Waals surface area (Å²) in [7, 11) is 6.48. The van der Waals surface area contributed by atoms with Crippen LogP contribution in [-0.4, -0.2) is 106 Å². The first kappa shape index (κ1) is 45.4. The minimum atomic E-state index is 0. The molecule has 6 heterocycles.